The fourth-order valence-electron chi connectivity index (χ4n) is 2.05. The SMILES string of the molecule is CCNC(=NCCNS(=O)(=O)c1ccccc1)NC1CC1C. The molecule has 3 N–H and O–H groups in total. The van der Waals surface area contributed by atoms with Crippen LogP contribution in [0.4, 0.5) is 0 Å². The van der Waals surface area contributed by atoms with Crippen LogP contribution >= 0.6 is 0 Å². The molecule has 0 amide bonds. The van der Waals surface area contributed by atoms with Crippen LogP contribution in [-0.2, 0) is 10.0 Å². The van der Waals surface area contributed by atoms with Crippen molar-refractivity contribution in [1.29, 1.82) is 0 Å². The van der Waals surface area contributed by atoms with E-state index in [1.54, 1.807) is 30.3 Å². The van der Waals surface area contributed by atoms with E-state index in [0.29, 0.717) is 18.5 Å². The Balaban J connectivity index is 1.82. The van der Waals surface area contributed by atoms with Crippen LogP contribution in [0.15, 0.2) is 40.2 Å². The highest BCUT2D eigenvalue weighted by Gasteiger charge is 2.33. The molecule has 6 nitrogen and oxygen atoms in total. The highest BCUT2D eigenvalue weighted by atomic mass is 32.2. The van der Waals surface area contributed by atoms with E-state index < -0.39 is 10.0 Å². The molecule has 1 fully saturated rings. The van der Waals surface area contributed by atoms with Crippen LogP contribution in [0.2, 0.25) is 0 Å². The fourth-order valence-corrected chi connectivity index (χ4v) is 3.09. The van der Waals surface area contributed by atoms with Crippen molar-refractivity contribution in [3.63, 3.8) is 0 Å². The predicted molar refractivity (Wildman–Crippen MR) is 88.3 cm³/mol. The first-order valence-electron chi connectivity index (χ1n) is 7.62. The minimum atomic E-state index is -3.45. The summed E-state index contributed by atoms with van der Waals surface area (Å²) in [6.45, 7) is 5.64. The Hall–Kier alpha value is -1.60. The molecule has 2 atom stereocenters. The second-order valence-corrected chi connectivity index (χ2v) is 7.20. The maximum atomic E-state index is 12.0. The molecular formula is C15H24N4O2S. The van der Waals surface area contributed by atoms with Crippen LogP contribution in [-0.4, -0.2) is 40.1 Å². The van der Waals surface area contributed by atoms with Gasteiger partial charge in [0.15, 0.2) is 5.96 Å². The molecule has 2 unspecified atom stereocenters. The molecule has 0 bridgehead atoms. The van der Waals surface area contributed by atoms with Crippen molar-refractivity contribution >= 4 is 16.0 Å². The molecule has 0 saturated heterocycles. The first kappa shape index (κ1) is 16.8. The molecule has 0 heterocycles. The molecule has 2 rings (SSSR count). The lowest BCUT2D eigenvalue weighted by molar-refractivity contribution is 0.582. The molecule has 1 aromatic rings. The van der Waals surface area contributed by atoms with E-state index in [1.165, 1.54) is 0 Å². The van der Waals surface area contributed by atoms with Gasteiger partial charge in [-0.25, -0.2) is 13.1 Å². The predicted octanol–water partition coefficient (Wildman–Crippen LogP) is 0.928. The molecule has 0 aromatic heterocycles. The maximum absolute atomic E-state index is 12.0. The van der Waals surface area contributed by atoms with Crippen molar-refractivity contribution in [2.75, 3.05) is 19.6 Å². The van der Waals surface area contributed by atoms with Gasteiger partial charge in [0, 0.05) is 19.1 Å². The highest BCUT2D eigenvalue weighted by molar-refractivity contribution is 7.89. The Morgan fingerprint density at radius 2 is 2.00 bits per heavy atom. The fraction of sp³-hybridized carbons (Fsp3) is 0.533. The minimum absolute atomic E-state index is 0.272. The van der Waals surface area contributed by atoms with Gasteiger partial charge in [-0.1, -0.05) is 25.1 Å². The zero-order chi connectivity index (χ0) is 16.0. The Bertz CT molecular complexity index is 601. The minimum Gasteiger partial charge on any atom is -0.357 e. The van der Waals surface area contributed by atoms with Gasteiger partial charge < -0.3 is 10.6 Å². The quantitative estimate of drug-likeness (QED) is 0.396. The first-order valence-corrected chi connectivity index (χ1v) is 9.11. The molecular weight excluding hydrogens is 300 g/mol. The van der Waals surface area contributed by atoms with Gasteiger partial charge in [-0.05, 0) is 31.4 Å². The normalized spacial score (nSPS) is 21.5. The van der Waals surface area contributed by atoms with Crippen molar-refractivity contribution in [2.24, 2.45) is 10.9 Å². The lowest BCUT2D eigenvalue weighted by Crippen LogP contribution is -2.39. The molecule has 0 aliphatic heterocycles. The molecule has 0 spiro atoms. The third kappa shape index (κ3) is 4.99. The number of rotatable bonds is 7. The van der Waals surface area contributed by atoms with Gasteiger partial charge in [0.2, 0.25) is 10.0 Å². The number of hydrogen-bond acceptors (Lipinski definition) is 3. The van der Waals surface area contributed by atoms with E-state index in [0.717, 1.165) is 18.9 Å². The first-order chi connectivity index (χ1) is 10.5. The summed E-state index contributed by atoms with van der Waals surface area (Å²) >= 11 is 0. The van der Waals surface area contributed by atoms with Crippen molar-refractivity contribution in [2.45, 2.75) is 31.2 Å². The van der Waals surface area contributed by atoms with Crippen LogP contribution in [0.1, 0.15) is 20.3 Å². The Labute approximate surface area is 132 Å². The monoisotopic (exact) mass is 324 g/mol. The molecule has 1 aromatic carbocycles. The van der Waals surface area contributed by atoms with Crippen LogP contribution in [0.25, 0.3) is 0 Å². The van der Waals surface area contributed by atoms with Crippen molar-refractivity contribution in [3.05, 3.63) is 30.3 Å². The van der Waals surface area contributed by atoms with Gasteiger partial charge in [-0.15, -0.1) is 0 Å². The lowest BCUT2D eigenvalue weighted by Gasteiger charge is -2.11. The number of guanidine groups is 1. The summed E-state index contributed by atoms with van der Waals surface area (Å²) in [6.07, 6.45) is 1.16. The van der Waals surface area contributed by atoms with E-state index in [-0.39, 0.29) is 11.4 Å². The Kier molecular flexibility index (Phi) is 5.79. The summed E-state index contributed by atoms with van der Waals surface area (Å²) in [7, 11) is -3.45. The zero-order valence-corrected chi connectivity index (χ0v) is 13.9. The van der Waals surface area contributed by atoms with Crippen LogP contribution in [0.5, 0.6) is 0 Å². The van der Waals surface area contributed by atoms with Crippen LogP contribution < -0.4 is 15.4 Å². The van der Waals surface area contributed by atoms with E-state index >= 15 is 0 Å². The molecule has 1 saturated carbocycles. The number of hydrogen-bond donors (Lipinski definition) is 3. The summed E-state index contributed by atoms with van der Waals surface area (Å²) in [5.41, 5.74) is 0. The molecule has 1 aliphatic rings. The van der Waals surface area contributed by atoms with Gasteiger partial charge in [-0.2, -0.15) is 0 Å². The average Bonchev–Trinajstić information content (AvgIpc) is 3.20. The number of nitrogens with one attached hydrogen (secondary N) is 3. The summed E-state index contributed by atoms with van der Waals surface area (Å²) in [5, 5.41) is 6.50. The maximum Gasteiger partial charge on any atom is 0.240 e. The van der Waals surface area contributed by atoms with E-state index in [4.69, 9.17) is 0 Å². The Morgan fingerprint density at radius 3 is 2.59 bits per heavy atom. The second kappa shape index (κ2) is 7.60. The topological polar surface area (TPSA) is 82.6 Å². The van der Waals surface area contributed by atoms with Gasteiger partial charge in [0.05, 0.1) is 11.4 Å². The molecule has 0 radical (unpaired) electrons. The van der Waals surface area contributed by atoms with Gasteiger partial charge in [0.1, 0.15) is 0 Å². The van der Waals surface area contributed by atoms with Gasteiger partial charge >= 0.3 is 0 Å². The summed E-state index contributed by atoms with van der Waals surface area (Å²) < 4.78 is 26.6. The largest absolute Gasteiger partial charge is 0.357 e. The number of aliphatic imine (C=N–C) groups is 1. The zero-order valence-electron chi connectivity index (χ0n) is 13.0. The van der Waals surface area contributed by atoms with E-state index in [2.05, 4.69) is 27.3 Å². The number of benzene rings is 1. The molecule has 1 aliphatic carbocycles. The second-order valence-electron chi connectivity index (χ2n) is 5.44. The summed E-state index contributed by atoms with van der Waals surface area (Å²) in [6, 6.07) is 8.83. The van der Waals surface area contributed by atoms with Crippen molar-refractivity contribution in [1.82, 2.24) is 15.4 Å². The summed E-state index contributed by atoms with van der Waals surface area (Å²) in [5.74, 6) is 1.43. The standard InChI is InChI=1S/C15H24N4O2S/c1-3-16-15(19-14-11-12(14)2)17-9-10-18-22(20,21)13-7-5-4-6-8-13/h4-8,12,14,18H,3,9-11H2,1-2H3,(H2,16,17,19). The summed E-state index contributed by atoms with van der Waals surface area (Å²) in [4.78, 5) is 4.67. The lowest BCUT2D eigenvalue weighted by atomic mass is 10.4. The molecule has 7 heteroatoms. The van der Waals surface area contributed by atoms with Crippen molar-refractivity contribution in [3.8, 4) is 0 Å². The third-order valence-corrected chi connectivity index (χ3v) is 4.98. The Morgan fingerprint density at radius 1 is 1.32 bits per heavy atom. The molecule has 122 valence electrons. The van der Waals surface area contributed by atoms with Crippen LogP contribution in [0, 0.1) is 5.92 Å². The molecule has 22 heavy (non-hydrogen) atoms. The average molecular weight is 324 g/mol. The van der Waals surface area contributed by atoms with Crippen LogP contribution in [0.3, 0.4) is 0 Å². The van der Waals surface area contributed by atoms with Gasteiger partial charge in [0.25, 0.3) is 0 Å². The smallest absolute Gasteiger partial charge is 0.240 e. The third-order valence-electron chi connectivity index (χ3n) is 3.50. The van der Waals surface area contributed by atoms with E-state index in [9.17, 15) is 8.42 Å². The number of nitrogens with zero attached hydrogens (tertiary/aromatic N) is 1. The number of sulfonamides is 1. The van der Waals surface area contributed by atoms with Crippen molar-refractivity contribution < 1.29 is 8.42 Å². The van der Waals surface area contributed by atoms with E-state index in [1.807, 2.05) is 6.92 Å². The highest BCUT2D eigenvalue weighted by Crippen LogP contribution is 2.28. The van der Waals surface area contributed by atoms with Gasteiger partial charge in [-0.3, -0.25) is 4.99 Å².